The lowest BCUT2D eigenvalue weighted by molar-refractivity contribution is 0.0443. The zero-order valence-electron chi connectivity index (χ0n) is 16.3. The van der Waals surface area contributed by atoms with Gasteiger partial charge < -0.3 is 35.0 Å². The zero-order valence-corrected chi connectivity index (χ0v) is 19.8. The fraction of sp³-hybridized carbons (Fsp3) is 0.429. The maximum atomic E-state index is 12.0. The van der Waals surface area contributed by atoms with Crippen molar-refractivity contribution in [2.45, 2.75) is 25.0 Å². The molecule has 0 radical (unpaired) electrons. The second-order valence-electron chi connectivity index (χ2n) is 7.11. The maximum Gasteiger partial charge on any atom is 0.490 e. The Balaban J connectivity index is 1.78. The molecule has 1 aliphatic carbocycles. The third kappa shape index (κ3) is 6.01. The Bertz CT molecular complexity index is 1260. The number of hydrogen-bond donors (Lipinski definition) is 6. The summed E-state index contributed by atoms with van der Waals surface area (Å²) in [6, 6.07) is 1.15. The second-order valence-corrected chi connectivity index (χ2v) is 11.9. The van der Waals surface area contributed by atoms with Gasteiger partial charge in [-0.25, -0.2) is 18.7 Å². The lowest BCUT2D eigenvalue weighted by Gasteiger charge is -2.27. The van der Waals surface area contributed by atoms with Crippen molar-refractivity contribution in [2.24, 2.45) is 5.41 Å². The first kappa shape index (κ1) is 26.2. The van der Waals surface area contributed by atoms with Crippen molar-refractivity contribution in [2.75, 3.05) is 12.3 Å². The van der Waals surface area contributed by atoms with Crippen molar-refractivity contribution in [1.29, 1.82) is 0 Å². The summed E-state index contributed by atoms with van der Waals surface area (Å²) in [5.41, 5.74) is 4.65. The SMILES string of the molecule is C#C[C@@]1(COP(=O)(O)OP(=O)(O)OP(=O)(O)O)C[C@H](n2ccc3c(N)nc(Cl)nc32)C[C@H]1O. The summed E-state index contributed by atoms with van der Waals surface area (Å²) < 4.78 is 47.9. The summed E-state index contributed by atoms with van der Waals surface area (Å²) in [5, 5.41) is 11.0. The number of phosphoric acid groups is 3. The molecule has 3 rings (SSSR count). The first-order valence-electron chi connectivity index (χ1n) is 8.80. The number of anilines is 1. The summed E-state index contributed by atoms with van der Waals surface area (Å²) >= 11 is 5.87. The molecule has 2 aromatic rings. The van der Waals surface area contributed by atoms with E-state index in [1.165, 1.54) is 0 Å². The van der Waals surface area contributed by atoms with E-state index in [1.54, 1.807) is 16.8 Å². The Morgan fingerprint density at radius 1 is 1.24 bits per heavy atom. The maximum absolute atomic E-state index is 12.0. The Morgan fingerprint density at radius 2 is 1.91 bits per heavy atom. The molecule has 15 nitrogen and oxygen atoms in total. The van der Waals surface area contributed by atoms with Crippen LogP contribution < -0.4 is 5.73 Å². The molecule has 0 aliphatic heterocycles. The number of aliphatic hydroxyl groups excluding tert-OH is 1. The van der Waals surface area contributed by atoms with Gasteiger partial charge in [-0.1, -0.05) is 5.92 Å². The molecular weight excluding hydrogens is 529 g/mol. The number of nitrogen functional groups attached to an aromatic ring is 1. The first-order chi connectivity index (χ1) is 15.1. The van der Waals surface area contributed by atoms with Crippen molar-refractivity contribution < 1.29 is 51.5 Å². The van der Waals surface area contributed by atoms with E-state index in [1.807, 2.05) is 0 Å². The van der Waals surface area contributed by atoms with Crippen LogP contribution >= 0.6 is 35.1 Å². The minimum atomic E-state index is -5.69. The Morgan fingerprint density at radius 3 is 2.52 bits per heavy atom. The smallest absolute Gasteiger partial charge is 0.391 e. The average molecular weight is 547 g/mol. The summed E-state index contributed by atoms with van der Waals surface area (Å²) in [4.78, 5) is 44.1. The minimum absolute atomic E-state index is 0.00570. The van der Waals surface area contributed by atoms with Crippen LogP contribution in [0.25, 0.3) is 11.0 Å². The van der Waals surface area contributed by atoms with Gasteiger partial charge in [0.05, 0.1) is 23.5 Å². The Labute approximate surface area is 190 Å². The first-order valence-corrected chi connectivity index (χ1v) is 13.7. The number of terminal acetylenes is 1. The highest BCUT2D eigenvalue weighted by atomic mass is 35.5. The zero-order chi connectivity index (χ0) is 24.8. The van der Waals surface area contributed by atoms with Gasteiger partial charge >= 0.3 is 23.5 Å². The predicted molar refractivity (Wildman–Crippen MR) is 112 cm³/mol. The fourth-order valence-electron chi connectivity index (χ4n) is 3.51. The summed E-state index contributed by atoms with van der Waals surface area (Å²) in [5.74, 6) is 2.45. The van der Waals surface area contributed by atoms with Crippen LogP contribution in [0.2, 0.25) is 5.28 Å². The van der Waals surface area contributed by atoms with Crippen LogP contribution in [-0.2, 0) is 26.8 Å². The number of nitrogens with two attached hydrogens (primary N) is 1. The Kier molecular flexibility index (Phi) is 7.17. The van der Waals surface area contributed by atoms with Crippen LogP contribution in [0.3, 0.4) is 0 Å². The third-order valence-corrected chi connectivity index (χ3v) is 8.84. The highest BCUT2D eigenvalue weighted by Crippen LogP contribution is 2.66. The number of nitrogens with zero attached hydrogens (tertiary/aromatic N) is 3. The molecule has 0 spiro atoms. The van der Waals surface area contributed by atoms with Gasteiger partial charge in [0.25, 0.3) is 0 Å². The molecule has 2 unspecified atom stereocenters. The number of rotatable bonds is 8. The fourth-order valence-corrected chi connectivity index (χ4v) is 6.77. The lowest BCUT2D eigenvalue weighted by atomic mass is 9.86. The van der Waals surface area contributed by atoms with Gasteiger partial charge in [0.1, 0.15) is 11.5 Å². The molecule has 1 fully saturated rings. The van der Waals surface area contributed by atoms with E-state index in [4.69, 9.17) is 33.5 Å². The summed E-state index contributed by atoms with van der Waals surface area (Å²) in [6.45, 7) is -0.818. The number of aromatic nitrogens is 3. The van der Waals surface area contributed by atoms with Crippen molar-refractivity contribution >= 4 is 51.9 Å². The van der Waals surface area contributed by atoms with Crippen molar-refractivity contribution in [3.8, 4) is 12.3 Å². The van der Waals surface area contributed by atoms with Crippen LogP contribution in [0.15, 0.2) is 12.3 Å². The van der Waals surface area contributed by atoms with Crippen LogP contribution in [0, 0.1) is 17.8 Å². The Hall–Kier alpha value is -1.36. The van der Waals surface area contributed by atoms with E-state index in [0.29, 0.717) is 11.0 Å². The van der Waals surface area contributed by atoms with E-state index < -0.39 is 47.6 Å². The third-order valence-electron chi connectivity index (χ3n) is 4.89. The number of halogens is 1. The predicted octanol–water partition coefficient (Wildman–Crippen LogP) is 1.33. The van der Waals surface area contributed by atoms with E-state index in [2.05, 4.69) is 29.0 Å². The molecule has 0 saturated heterocycles. The van der Waals surface area contributed by atoms with Gasteiger partial charge in [0.2, 0.25) is 5.28 Å². The van der Waals surface area contributed by atoms with Gasteiger partial charge in [-0.3, -0.25) is 4.52 Å². The van der Waals surface area contributed by atoms with Gasteiger partial charge in [-0.15, -0.1) is 6.42 Å². The number of fused-ring (bicyclic) bond motifs is 1. The van der Waals surface area contributed by atoms with E-state index in [-0.39, 0.29) is 23.9 Å². The summed E-state index contributed by atoms with van der Waals surface area (Å²) in [7, 11) is -16.6. The van der Waals surface area contributed by atoms with Gasteiger partial charge in [-0.05, 0) is 30.5 Å². The molecule has 0 aromatic carbocycles. The van der Waals surface area contributed by atoms with Crippen LogP contribution in [0.1, 0.15) is 18.9 Å². The molecule has 0 bridgehead atoms. The molecule has 33 heavy (non-hydrogen) atoms. The van der Waals surface area contributed by atoms with E-state index in [0.717, 1.165) is 0 Å². The van der Waals surface area contributed by atoms with Gasteiger partial charge in [0.15, 0.2) is 0 Å². The molecule has 1 aliphatic rings. The van der Waals surface area contributed by atoms with E-state index in [9.17, 15) is 28.6 Å². The van der Waals surface area contributed by atoms with Crippen molar-refractivity contribution in [3.05, 3.63) is 17.5 Å². The second kappa shape index (κ2) is 9.02. The van der Waals surface area contributed by atoms with Crippen LogP contribution in [0.4, 0.5) is 5.82 Å². The molecule has 2 heterocycles. The molecule has 7 N–H and O–H groups in total. The van der Waals surface area contributed by atoms with Crippen LogP contribution in [-0.4, -0.2) is 51.9 Å². The quantitative estimate of drug-likeness (QED) is 0.156. The highest BCUT2D eigenvalue weighted by Gasteiger charge is 2.49. The number of phosphoric ester groups is 1. The molecule has 2 aromatic heterocycles. The molecule has 0 amide bonds. The molecule has 182 valence electrons. The minimum Gasteiger partial charge on any atom is -0.391 e. The average Bonchev–Trinajstić information content (AvgIpc) is 3.18. The van der Waals surface area contributed by atoms with Gasteiger partial charge in [0, 0.05) is 12.2 Å². The molecule has 5 atom stereocenters. The highest BCUT2D eigenvalue weighted by molar-refractivity contribution is 7.66. The number of aliphatic hydroxyl groups is 1. The molecule has 1 saturated carbocycles. The van der Waals surface area contributed by atoms with Crippen molar-refractivity contribution in [1.82, 2.24) is 14.5 Å². The van der Waals surface area contributed by atoms with Gasteiger partial charge in [-0.2, -0.15) is 13.6 Å². The molecular formula is C14H18ClN4O11P3. The monoisotopic (exact) mass is 546 g/mol. The van der Waals surface area contributed by atoms with Crippen molar-refractivity contribution in [3.63, 3.8) is 0 Å². The standard InChI is InChI=1S/C14H18ClN4O11P3/c1-2-14(7-28-32(24,25)30-33(26,27)29-31(21,22)23)6-8(5-10(14)20)19-4-3-9-11(16)17-13(15)18-12(9)19/h1,3-4,8,10,20H,5-7H2,(H,24,25)(H,26,27)(H2,16,17,18)(H2,21,22,23)/t8-,10-,14+/m1/s1. The largest absolute Gasteiger partial charge is 0.490 e. The van der Waals surface area contributed by atoms with E-state index >= 15 is 0 Å². The molecule has 19 heteroatoms. The van der Waals surface area contributed by atoms with Crippen LogP contribution in [0.5, 0.6) is 0 Å². The summed E-state index contributed by atoms with van der Waals surface area (Å²) in [6.07, 6.45) is 6.00. The normalized spacial score (nSPS) is 27.2. The lowest BCUT2D eigenvalue weighted by Crippen LogP contribution is -2.33. The number of hydrogen-bond acceptors (Lipinski definition) is 10. The topological polar surface area (TPSA) is 237 Å².